The molecular formula is C40H75NO7S. The molecular weight excluding hydrogens is 639 g/mol. The zero-order valence-electron chi connectivity index (χ0n) is 31.8. The lowest BCUT2D eigenvalue weighted by atomic mass is 9.84. The molecule has 0 aromatic rings. The first-order valence-electron chi connectivity index (χ1n) is 20.2. The van der Waals surface area contributed by atoms with E-state index in [1.165, 1.54) is 110 Å². The van der Waals surface area contributed by atoms with Gasteiger partial charge in [-0.2, -0.15) is 0 Å². The fraction of sp³-hybridized carbons (Fsp3) is 0.900. The highest BCUT2D eigenvalue weighted by atomic mass is 32.2. The summed E-state index contributed by atoms with van der Waals surface area (Å²) in [6.45, 7) is 5.05. The lowest BCUT2D eigenvalue weighted by molar-refractivity contribution is -0.147. The van der Waals surface area contributed by atoms with E-state index in [0.717, 1.165) is 63.1 Å². The minimum absolute atomic E-state index is 0.0215. The van der Waals surface area contributed by atoms with E-state index in [4.69, 9.17) is 0 Å². The average molecular weight is 714 g/mol. The highest BCUT2D eigenvalue weighted by Gasteiger charge is 2.55. The number of hydrogen-bond acceptors (Lipinski definition) is 7. The van der Waals surface area contributed by atoms with Gasteiger partial charge in [0.1, 0.15) is 0 Å². The third-order valence-corrected chi connectivity index (χ3v) is 11.3. The van der Waals surface area contributed by atoms with Crippen LogP contribution in [0.5, 0.6) is 0 Å². The molecule has 2 atom stereocenters. The number of thioether (sulfide) groups is 1. The Morgan fingerprint density at radius 3 is 1.14 bits per heavy atom. The molecule has 0 rings (SSSR count). The van der Waals surface area contributed by atoms with Gasteiger partial charge in [0.25, 0.3) is 0 Å². The first-order chi connectivity index (χ1) is 23.7. The minimum atomic E-state index is -2.07. The standard InChI is InChI=1S/C40H75NO7S/c1-4-6-8-10-12-14-16-18-20-22-24-26-28-30-36(45)40(49-33-35(44)32-42,38(39(47)48)41-34(3)43)37(46)31-29-27-25-23-21-19-17-15-13-11-9-7-5-2/h35,38,42,44H,4-33H2,1-3H3,(H,41,43)(H,47,48)/t35?,38-/m1/s1. The first kappa shape index (κ1) is 47.5. The van der Waals surface area contributed by atoms with E-state index >= 15 is 0 Å². The number of aliphatic hydroxyl groups is 2. The Balaban J connectivity index is 5.11. The van der Waals surface area contributed by atoms with E-state index in [1.54, 1.807) is 0 Å². The molecule has 0 spiro atoms. The smallest absolute Gasteiger partial charge is 0.328 e. The van der Waals surface area contributed by atoms with Crippen molar-refractivity contribution in [1.29, 1.82) is 0 Å². The number of carboxylic acid groups (broad SMARTS) is 1. The van der Waals surface area contributed by atoms with Crippen LogP contribution in [0.4, 0.5) is 0 Å². The number of carbonyl (C=O) groups is 4. The van der Waals surface area contributed by atoms with Gasteiger partial charge in [0, 0.05) is 25.5 Å². The largest absolute Gasteiger partial charge is 0.480 e. The molecule has 0 bridgehead atoms. The quantitative estimate of drug-likeness (QED) is 0.0369. The average Bonchev–Trinajstić information content (AvgIpc) is 3.08. The number of amides is 1. The molecule has 288 valence electrons. The summed E-state index contributed by atoms with van der Waals surface area (Å²) < 4.78 is -2.07. The van der Waals surface area contributed by atoms with Gasteiger partial charge < -0.3 is 20.6 Å². The van der Waals surface area contributed by atoms with Crippen molar-refractivity contribution in [2.24, 2.45) is 0 Å². The van der Waals surface area contributed by atoms with Crippen LogP contribution in [0.1, 0.15) is 201 Å². The summed E-state index contributed by atoms with van der Waals surface area (Å²) >= 11 is 0.763. The van der Waals surface area contributed by atoms with Crippen molar-refractivity contribution >= 4 is 35.2 Å². The number of aliphatic hydroxyl groups excluding tert-OH is 2. The van der Waals surface area contributed by atoms with Crippen molar-refractivity contribution in [3.63, 3.8) is 0 Å². The molecule has 0 aromatic carbocycles. The maximum absolute atomic E-state index is 14.0. The molecule has 0 aliphatic heterocycles. The molecule has 0 aliphatic carbocycles. The second-order valence-electron chi connectivity index (χ2n) is 14.2. The number of carbonyl (C=O) groups excluding carboxylic acids is 3. The number of nitrogens with one attached hydrogen (secondary N) is 1. The van der Waals surface area contributed by atoms with Crippen LogP contribution in [-0.2, 0) is 19.2 Å². The van der Waals surface area contributed by atoms with Crippen LogP contribution < -0.4 is 5.32 Å². The van der Waals surface area contributed by atoms with Crippen LogP contribution in [-0.4, -0.2) is 68.0 Å². The fourth-order valence-electron chi connectivity index (χ4n) is 6.52. The molecule has 1 unspecified atom stereocenters. The molecule has 0 aromatic heterocycles. The fourth-order valence-corrected chi connectivity index (χ4v) is 7.93. The van der Waals surface area contributed by atoms with Crippen molar-refractivity contribution in [3.8, 4) is 0 Å². The molecule has 0 saturated carbocycles. The third-order valence-electron chi connectivity index (χ3n) is 9.56. The monoisotopic (exact) mass is 714 g/mol. The van der Waals surface area contributed by atoms with Gasteiger partial charge in [-0.3, -0.25) is 14.4 Å². The van der Waals surface area contributed by atoms with E-state index in [1.807, 2.05) is 0 Å². The summed E-state index contributed by atoms with van der Waals surface area (Å²) in [5, 5.41) is 32.2. The number of unbranched alkanes of at least 4 members (excludes halogenated alkanes) is 24. The highest BCUT2D eigenvalue weighted by molar-refractivity contribution is 8.02. The molecule has 0 saturated heterocycles. The Morgan fingerprint density at radius 2 is 0.878 bits per heavy atom. The Kier molecular flexibility index (Phi) is 31.5. The zero-order chi connectivity index (χ0) is 36.6. The molecule has 9 heteroatoms. The summed E-state index contributed by atoms with van der Waals surface area (Å²) in [7, 11) is 0. The minimum Gasteiger partial charge on any atom is -0.480 e. The number of ketones is 2. The third kappa shape index (κ3) is 23.6. The summed E-state index contributed by atoms with van der Waals surface area (Å²) in [4.78, 5) is 52.6. The summed E-state index contributed by atoms with van der Waals surface area (Å²) in [5.74, 6) is -3.35. The van der Waals surface area contributed by atoms with Gasteiger partial charge in [0.2, 0.25) is 5.91 Å². The van der Waals surface area contributed by atoms with E-state index < -0.39 is 46.9 Å². The second-order valence-corrected chi connectivity index (χ2v) is 15.5. The van der Waals surface area contributed by atoms with Crippen molar-refractivity contribution in [1.82, 2.24) is 5.32 Å². The van der Waals surface area contributed by atoms with Crippen molar-refractivity contribution in [2.75, 3.05) is 12.4 Å². The molecule has 8 nitrogen and oxygen atoms in total. The number of carboxylic acids is 1. The van der Waals surface area contributed by atoms with E-state index in [9.17, 15) is 34.5 Å². The molecule has 0 aliphatic rings. The molecule has 4 N–H and O–H groups in total. The number of hydrogen-bond donors (Lipinski definition) is 4. The number of rotatable bonds is 37. The Bertz CT molecular complexity index is 810. The normalized spacial score (nSPS) is 12.9. The van der Waals surface area contributed by atoms with Gasteiger partial charge >= 0.3 is 5.97 Å². The maximum Gasteiger partial charge on any atom is 0.328 e. The summed E-state index contributed by atoms with van der Waals surface area (Å²) in [6, 6.07) is -1.76. The van der Waals surface area contributed by atoms with Crippen LogP contribution in [0.25, 0.3) is 0 Å². The topological polar surface area (TPSA) is 141 Å². The highest BCUT2D eigenvalue weighted by Crippen LogP contribution is 2.36. The van der Waals surface area contributed by atoms with Gasteiger partial charge in [-0.15, -0.1) is 11.8 Å². The predicted molar refractivity (Wildman–Crippen MR) is 204 cm³/mol. The van der Waals surface area contributed by atoms with Gasteiger partial charge in [0.05, 0.1) is 12.7 Å². The van der Waals surface area contributed by atoms with E-state index in [-0.39, 0.29) is 18.6 Å². The van der Waals surface area contributed by atoms with E-state index in [0.29, 0.717) is 12.8 Å². The van der Waals surface area contributed by atoms with Gasteiger partial charge in [-0.25, -0.2) is 4.79 Å². The van der Waals surface area contributed by atoms with Crippen molar-refractivity contribution in [3.05, 3.63) is 0 Å². The number of Topliss-reactive ketones (excluding diaryl/α,β-unsaturated/α-hetero) is 2. The van der Waals surface area contributed by atoms with Crippen LogP contribution >= 0.6 is 11.8 Å². The second kappa shape index (κ2) is 32.5. The molecule has 0 radical (unpaired) electrons. The van der Waals surface area contributed by atoms with Crippen molar-refractivity contribution in [2.45, 2.75) is 217 Å². The van der Waals surface area contributed by atoms with Crippen LogP contribution in [0, 0.1) is 0 Å². The van der Waals surface area contributed by atoms with Crippen LogP contribution in [0.15, 0.2) is 0 Å². The SMILES string of the molecule is CCCCCCCCCCCCCCCC(=O)C(SCC(O)CO)(C(=O)CCCCCCCCCCCCCCC)[C@H](NC(C)=O)C(=O)O. The number of aliphatic carboxylic acids is 1. The lowest BCUT2D eigenvalue weighted by Crippen LogP contribution is -2.63. The Hall–Kier alpha value is -1.45. The molecule has 1 amide bonds. The van der Waals surface area contributed by atoms with Gasteiger partial charge in [-0.1, -0.05) is 168 Å². The zero-order valence-corrected chi connectivity index (χ0v) is 32.6. The molecule has 0 fully saturated rings. The van der Waals surface area contributed by atoms with Crippen LogP contribution in [0.3, 0.4) is 0 Å². The molecule has 0 heterocycles. The predicted octanol–water partition coefficient (Wildman–Crippen LogP) is 9.50. The summed E-state index contributed by atoms with van der Waals surface area (Å²) in [5.41, 5.74) is 0. The van der Waals surface area contributed by atoms with E-state index in [2.05, 4.69) is 19.2 Å². The summed E-state index contributed by atoms with van der Waals surface area (Å²) in [6.07, 6.45) is 28.5. The Labute approximate surface area is 304 Å². The van der Waals surface area contributed by atoms with Gasteiger partial charge in [-0.05, 0) is 12.8 Å². The van der Waals surface area contributed by atoms with Gasteiger partial charge in [0.15, 0.2) is 22.4 Å². The molecule has 49 heavy (non-hydrogen) atoms. The van der Waals surface area contributed by atoms with Crippen molar-refractivity contribution < 1.29 is 34.5 Å². The lowest BCUT2D eigenvalue weighted by Gasteiger charge is -2.36. The van der Waals surface area contributed by atoms with Crippen LogP contribution in [0.2, 0.25) is 0 Å². The first-order valence-corrected chi connectivity index (χ1v) is 21.1. The Morgan fingerprint density at radius 1 is 0.571 bits per heavy atom. The maximum atomic E-state index is 14.0.